The molecule has 0 aromatic heterocycles. The Hall–Kier alpha value is -1.12. The van der Waals surface area contributed by atoms with Crippen LogP contribution in [0.15, 0.2) is 22.9 Å². The van der Waals surface area contributed by atoms with Gasteiger partial charge >= 0.3 is 0 Å². The van der Waals surface area contributed by atoms with E-state index in [1.54, 1.807) is 6.08 Å². The summed E-state index contributed by atoms with van der Waals surface area (Å²) in [5.41, 5.74) is 2.65. The predicted molar refractivity (Wildman–Crippen MR) is 47.2 cm³/mol. The lowest BCUT2D eigenvalue weighted by Crippen LogP contribution is -2.11. The second kappa shape index (κ2) is 3.09. The molecule has 66 valence electrons. The molecular formula is C9H13NO2. The van der Waals surface area contributed by atoms with Gasteiger partial charge in [-0.05, 0) is 25.3 Å². The molecule has 3 heteroatoms. The summed E-state index contributed by atoms with van der Waals surface area (Å²) in [4.78, 5) is 10.2. The third kappa shape index (κ3) is 1.55. The lowest BCUT2D eigenvalue weighted by atomic mass is 9.88. The van der Waals surface area contributed by atoms with Crippen LogP contribution in [0.4, 0.5) is 0 Å². The van der Waals surface area contributed by atoms with Gasteiger partial charge in [0.2, 0.25) is 5.70 Å². The van der Waals surface area contributed by atoms with Crippen LogP contribution in [0.1, 0.15) is 27.2 Å². The van der Waals surface area contributed by atoms with Crippen molar-refractivity contribution in [3.8, 4) is 0 Å². The van der Waals surface area contributed by atoms with E-state index < -0.39 is 0 Å². The quantitative estimate of drug-likeness (QED) is 0.445. The van der Waals surface area contributed by atoms with Crippen LogP contribution in [0.3, 0.4) is 0 Å². The first kappa shape index (κ1) is 8.97. The molecule has 0 spiro atoms. The average molecular weight is 167 g/mol. The fourth-order valence-corrected chi connectivity index (χ4v) is 1.41. The fraction of sp³-hybridized carbons (Fsp3) is 0.556. The molecular weight excluding hydrogens is 154 g/mol. The molecule has 0 heterocycles. The third-order valence-electron chi connectivity index (χ3n) is 2.49. The minimum absolute atomic E-state index is 0.285. The SMILES string of the molecule is CC1=C(C)C(C)CC([N+](=O)[O-])=C1. The van der Waals surface area contributed by atoms with Gasteiger partial charge in [-0.25, -0.2) is 0 Å². The minimum Gasteiger partial charge on any atom is -0.259 e. The first-order chi connectivity index (χ1) is 5.52. The zero-order valence-corrected chi connectivity index (χ0v) is 7.63. The molecule has 0 aliphatic heterocycles. The molecule has 0 saturated carbocycles. The van der Waals surface area contributed by atoms with Gasteiger partial charge in [-0.3, -0.25) is 10.1 Å². The van der Waals surface area contributed by atoms with Gasteiger partial charge in [-0.1, -0.05) is 12.5 Å². The lowest BCUT2D eigenvalue weighted by molar-refractivity contribution is -0.429. The van der Waals surface area contributed by atoms with Crippen molar-refractivity contribution in [3.63, 3.8) is 0 Å². The van der Waals surface area contributed by atoms with E-state index in [9.17, 15) is 10.1 Å². The van der Waals surface area contributed by atoms with E-state index in [1.807, 2.05) is 20.8 Å². The minimum atomic E-state index is -0.285. The van der Waals surface area contributed by atoms with E-state index in [0.29, 0.717) is 18.0 Å². The predicted octanol–water partition coefficient (Wildman–Crippen LogP) is 2.52. The Labute approximate surface area is 71.9 Å². The second-order valence-corrected chi connectivity index (χ2v) is 3.36. The molecule has 0 saturated heterocycles. The maximum Gasteiger partial charge on any atom is 0.247 e. The zero-order valence-electron chi connectivity index (χ0n) is 7.63. The van der Waals surface area contributed by atoms with Crippen molar-refractivity contribution in [1.29, 1.82) is 0 Å². The van der Waals surface area contributed by atoms with Crippen molar-refractivity contribution < 1.29 is 4.92 Å². The van der Waals surface area contributed by atoms with Crippen molar-refractivity contribution in [3.05, 3.63) is 33.0 Å². The van der Waals surface area contributed by atoms with Gasteiger partial charge in [0.25, 0.3) is 0 Å². The summed E-state index contributed by atoms with van der Waals surface area (Å²) < 4.78 is 0. The smallest absolute Gasteiger partial charge is 0.247 e. The second-order valence-electron chi connectivity index (χ2n) is 3.36. The van der Waals surface area contributed by atoms with E-state index in [4.69, 9.17) is 0 Å². The first-order valence-corrected chi connectivity index (χ1v) is 4.04. The normalized spacial score (nSPS) is 23.9. The van der Waals surface area contributed by atoms with E-state index in [0.717, 1.165) is 5.57 Å². The summed E-state index contributed by atoms with van der Waals surface area (Å²) in [5.74, 6) is 0.315. The topological polar surface area (TPSA) is 43.1 Å². The summed E-state index contributed by atoms with van der Waals surface area (Å²) >= 11 is 0. The maximum atomic E-state index is 10.5. The number of nitro groups is 1. The van der Waals surface area contributed by atoms with Gasteiger partial charge < -0.3 is 0 Å². The van der Waals surface area contributed by atoms with Crippen LogP contribution in [0.5, 0.6) is 0 Å². The number of rotatable bonds is 1. The van der Waals surface area contributed by atoms with Gasteiger partial charge in [-0.15, -0.1) is 0 Å². The van der Waals surface area contributed by atoms with Crippen LogP contribution in [-0.4, -0.2) is 4.92 Å². The van der Waals surface area contributed by atoms with Gasteiger partial charge in [0.15, 0.2) is 0 Å². The molecule has 1 rings (SSSR count). The summed E-state index contributed by atoms with van der Waals surface area (Å²) in [6.07, 6.45) is 2.24. The van der Waals surface area contributed by atoms with Crippen LogP contribution < -0.4 is 0 Å². The highest BCUT2D eigenvalue weighted by atomic mass is 16.6. The molecule has 0 amide bonds. The monoisotopic (exact) mass is 167 g/mol. The van der Waals surface area contributed by atoms with Crippen LogP contribution >= 0.6 is 0 Å². The van der Waals surface area contributed by atoms with Crippen molar-refractivity contribution in [2.24, 2.45) is 5.92 Å². The summed E-state index contributed by atoms with van der Waals surface area (Å²) in [5, 5.41) is 10.5. The number of hydrogen-bond acceptors (Lipinski definition) is 2. The largest absolute Gasteiger partial charge is 0.259 e. The molecule has 0 bridgehead atoms. The highest BCUT2D eigenvalue weighted by Gasteiger charge is 2.21. The maximum absolute atomic E-state index is 10.5. The summed E-state index contributed by atoms with van der Waals surface area (Å²) in [7, 11) is 0. The van der Waals surface area contributed by atoms with Gasteiger partial charge in [0.1, 0.15) is 0 Å². The van der Waals surface area contributed by atoms with Crippen LogP contribution in [0.25, 0.3) is 0 Å². The van der Waals surface area contributed by atoms with Gasteiger partial charge in [0.05, 0.1) is 4.92 Å². The highest BCUT2D eigenvalue weighted by molar-refractivity contribution is 5.30. The van der Waals surface area contributed by atoms with E-state index >= 15 is 0 Å². The van der Waals surface area contributed by atoms with Crippen molar-refractivity contribution in [2.45, 2.75) is 27.2 Å². The molecule has 0 fully saturated rings. The molecule has 1 aliphatic carbocycles. The van der Waals surface area contributed by atoms with Crippen molar-refractivity contribution in [2.75, 3.05) is 0 Å². The van der Waals surface area contributed by atoms with Crippen molar-refractivity contribution in [1.82, 2.24) is 0 Å². The Morgan fingerprint density at radius 3 is 2.58 bits per heavy atom. The Kier molecular flexibility index (Phi) is 2.31. The molecule has 1 atom stereocenters. The Bertz CT molecular complexity index is 276. The molecule has 3 nitrogen and oxygen atoms in total. The Balaban J connectivity index is 2.98. The molecule has 1 unspecified atom stereocenters. The number of hydrogen-bond donors (Lipinski definition) is 0. The van der Waals surface area contributed by atoms with E-state index in [1.165, 1.54) is 5.57 Å². The Morgan fingerprint density at radius 2 is 2.17 bits per heavy atom. The van der Waals surface area contributed by atoms with Crippen LogP contribution in [0, 0.1) is 16.0 Å². The Morgan fingerprint density at radius 1 is 1.58 bits per heavy atom. The molecule has 0 aromatic carbocycles. The molecule has 0 radical (unpaired) electrons. The average Bonchev–Trinajstić information content (AvgIpc) is 1.99. The fourth-order valence-electron chi connectivity index (χ4n) is 1.41. The molecule has 0 N–H and O–H groups in total. The van der Waals surface area contributed by atoms with Gasteiger partial charge in [-0.2, -0.15) is 0 Å². The number of allylic oxidation sites excluding steroid dienone is 4. The standard InChI is InChI=1S/C9H13NO2/c1-6-4-9(10(11)12)5-7(2)8(6)3/h4,7H,5H2,1-3H3. The summed E-state index contributed by atoms with van der Waals surface area (Å²) in [6.45, 7) is 5.98. The van der Waals surface area contributed by atoms with E-state index in [2.05, 4.69) is 0 Å². The van der Waals surface area contributed by atoms with Crippen molar-refractivity contribution >= 4 is 0 Å². The third-order valence-corrected chi connectivity index (χ3v) is 2.49. The summed E-state index contributed by atoms with van der Waals surface area (Å²) in [6, 6.07) is 0. The highest BCUT2D eigenvalue weighted by Crippen LogP contribution is 2.28. The molecule has 12 heavy (non-hydrogen) atoms. The number of nitrogens with zero attached hydrogens (tertiary/aromatic N) is 1. The molecule has 1 aliphatic rings. The van der Waals surface area contributed by atoms with Crippen LogP contribution in [0.2, 0.25) is 0 Å². The van der Waals surface area contributed by atoms with E-state index in [-0.39, 0.29) is 4.92 Å². The lowest BCUT2D eigenvalue weighted by Gasteiger charge is -2.17. The van der Waals surface area contributed by atoms with Crippen LogP contribution in [-0.2, 0) is 0 Å². The first-order valence-electron chi connectivity index (χ1n) is 4.04. The molecule has 0 aromatic rings. The van der Waals surface area contributed by atoms with Gasteiger partial charge in [0, 0.05) is 12.5 Å². The zero-order chi connectivity index (χ0) is 9.30.